The van der Waals surface area contributed by atoms with Crippen molar-refractivity contribution in [2.75, 3.05) is 0 Å². The van der Waals surface area contributed by atoms with Crippen LogP contribution in [0.15, 0.2) is 71.8 Å². The Hall–Kier alpha value is -1.96. The minimum atomic E-state index is -4.96. The molecule has 6 rings (SSSR count). The molecule has 0 aromatic heterocycles. The van der Waals surface area contributed by atoms with Crippen molar-refractivity contribution < 1.29 is 15.6 Å². The van der Waals surface area contributed by atoms with Gasteiger partial charge in [0.05, 0.1) is 0 Å². The van der Waals surface area contributed by atoms with Crippen molar-refractivity contribution in [3.05, 3.63) is 127 Å². The monoisotopic (exact) mass is 797 g/mol. The number of allylic oxidation sites excluding steroid dienone is 2. The van der Waals surface area contributed by atoms with Gasteiger partial charge in [-0.2, -0.15) is 0 Å². The number of aryl methyl sites for hydroxylation is 6. The third-order valence-electron chi connectivity index (χ3n) is 12.0. The summed E-state index contributed by atoms with van der Waals surface area (Å²) < 4.78 is 0.149. The number of rotatable bonds is 9. The van der Waals surface area contributed by atoms with Gasteiger partial charge in [0.15, 0.2) is 0 Å². The Morgan fingerprint density at radius 1 is 0.580 bits per heavy atom. The van der Waals surface area contributed by atoms with Gasteiger partial charge in [-0.3, -0.25) is 0 Å². The fourth-order valence-electron chi connectivity index (χ4n) is 9.61. The van der Waals surface area contributed by atoms with Crippen molar-refractivity contribution >= 4 is 35.1 Å². The molecule has 4 heteroatoms. The predicted molar refractivity (Wildman–Crippen MR) is 223 cm³/mol. The standard InChI is InChI=1S/2C22H25.C2H7Si.2ClH.Zr/c2*1-6-17-7-8-18-12-19(14(2)3)13-21(18)22(17)20-10-15(4)9-16(5)11-20;1-3-2;;;/h2*7-14H,6H2,1-5H3;3H,1-2H3;2*1H;/q;;;;;+2/p-2. The average molecular weight is 800 g/mol. The Morgan fingerprint density at radius 3 is 1.20 bits per heavy atom. The molecule has 0 bridgehead atoms. The number of benzene rings is 4. The molecule has 0 N–H and O–H groups in total. The van der Waals surface area contributed by atoms with Gasteiger partial charge in [0.1, 0.15) is 0 Å². The van der Waals surface area contributed by atoms with E-state index in [-0.39, 0.29) is 7.25 Å². The molecule has 0 heterocycles. The molecule has 0 radical (unpaired) electrons. The molecule has 0 spiro atoms. The van der Waals surface area contributed by atoms with E-state index in [1.165, 1.54) is 89.0 Å². The van der Waals surface area contributed by atoms with Gasteiger partial charge in [-0.1, -0.05) is 0 Å². The van der Waals surface area contributed by atoms with Gasteiger partial charge < -0.3 is 0 Å². The quantitative estimate of drug-likeness (QED) is 0.148. The molecular formula is C46H57Cl2SiZr. The van der Waals surface area contributed by atoms with Crippen LogP contribution in [0.2, 0.25) is 13.1 Å². The fraction of sp³-hybridized carbons (Fsp3) is 0.391. The van der Waals surface area contributed by atoms with Gasteiger partial charge in [0.2, 0.25) is 0 Å². The zero-order valence-corrected chi connectivity index (χ0v) is 37.6. The minimum absolute atomic E-state index is 0.0746. The molecule has 2 atom stereocenters. The molecule has 263 valence electrons. The molecule has 50 heavy (non-hydrogen) atoms. The third kappa shape index (κ3) is 6.07. The number of fused-ring (bicyclic) bond motifs is 2. The van der Waals surface area contributed by atoms with E-state index < -0.39 is 21.5 Å². The topological polar surface area (TPSA) is 0 Å². The summed E-state index contributed by atoms with van der Waals surface area (Å²) >= 11 is -4.96. The molecule has 2 aliphatic rings. The summed E-state index contributed by atoms with van der Waals surface area (Å²) in [7, 11) is 17.8. The van der Waals surface area contributed by atoms with Gasteiger partial charge in [-0.25, -0.2) is 0 Å². The molecule has 4 aromatic rings. The molecular weight excluding hydrogens is 743 g/mol. The van der Waals surface area contributed by atoms with E-state index in [1.807, 2.05) is 0 Å². The van der Waals surface area contributed by atoms with Gasteiger partial charge in [-0.05, 0) is 0 Å². The first-order valence-electron chi connectivity index (χ1n) is 19.0. The summed E-state index contributed by atoms with van der Waals surface area (Å²) in [6.45, 7) is 27.9. The predicted octanol–water partition coefficient (Wildman–Crippen LogP) is 14.2. The first kappa shape index (κ1) is 37.8. The fourth-order valence-corrected chi connectivity index (χ4v) is 41.1. The summed E-state index contributed by atoms with van der Waals surface area (Å²) in [5.41, 5.74) is 21.8. The van der Waals surface area contributed by atoms with Crippen LogP contribution >= 0.6 is 17.0 Å². The maximum atomic E-state index is 8.88. The Labute approximate surface area is 312 Å². The van der Waals surface area contributed by atoms with Crippen molar-refractivity contribution in [1.82, 2.24) is 0 Å². The van der Waals surface area contributed by atoms with Gasteiger partial charge >= 0.3 is 315 Å². The second kappa shape index (κ2) is 13.8. The van der Waals surface area contributed by atoms with Crippen LogP contribution in [-0.2, 0) is 28.4 Å². The van der Waals surface area contributed by atoms with Crippen LogP contribution in [0.1, 0.15) is 104 Å². The summed E-state index contributed by atoms with van der Waals surface area (Å²) in [5, 5.41) is 0. The molecule has 0 aliphatic heterocycles. The van der Waals surface area contributed by atoms with Gasteiger partial charge in [-0.15, -0.1) is 0 Å². The number of hydrogen-bond acceptors (Lipinski definition) is 0. The Kier molecular flexibility index (Phi) is 10.4. The van der Waals surface area contributed by atoms with Crippen LogP contribution in [0, 0.1) is 39.5 Å². The van der Waals surface area contributed by atoms with Crippen molar-refractivity contribution in [1.29, 1.82) is 0 Å². The Balaban J connectivity index is 1.68. The van der Waals surface area contributed by atoms with E-state index in [1.54, 1.807) is 0 Å². The molecule has 2 aliphatic carbocycles. The molecule has 4 aromatic carbocycles. The van der Waals surface area contributed by atoms with Crippen molar-refractivity contribution in [3.8, 4) is 22.3 Å². The summed E-state index contributed by atoms with van der Waals surface area (Å²) in [4.78, 5) is 0. The van der Waals surface area contributed by atoms with Gasteiger partial charge in [0, 0.05) is 0 Å². The SMILES string of the molecule is CCc1ccc2c(c1-c1cc(C)cc(C)c1)C=C(C(C)C)[CH]2[Zr]([Cl])([Cl])([CH]1C(C(C)C)=Cc2c1ccc(CC)c2-c1cc(C)cc(C)c1)[SiH](C)C. The second-order valence-corrected chi connectivity index (χ2v) is 59.0. The van der Waals surface area contributed by atoms with Crippen LogP contribution < -0.4 is 0 Å². The first-order valence-corrected chi connectivity index (χ1v) is 35.3. The zero-order valence-electron chi connectivity index (χ0n) is 32.5. The summed E-state index contributed by atoms with van der Waals surface area (Å²) in [6.07, 6.45) is 7.06. The molecule has 0 saturated carbocycles. The Bertz CT molecular complexity index is 1880. The van der Waals surface area contributed by atoms with Crippen LogP contribution in [0.25, 0.3) is 34.4 Å². The van der Waals surface area contributed by atoms with E-state index in [9.17, 15) is 0 Å². The zero-order chi connectivity index (χ0) is 36.5. The molecule has 0 amide bonds. The Morgan fingerprint density at radius 2 is 0.920 bits per heavy atom. The third-order valence-corrected chi connectivity index (χ3v) is 63.6. The van der Waals surface area contributed by atoms with Crippen LogP contribution in [0.4, 0.5) is 0 Å². The molecule has 0 fully saturated rings. The molecule has 0 saturated heterocycles. The van der Waals surface area contributed by atoms with E-state index in [4.69, 9.17) is 17.0 Å². The molecule has 0 nitrogen and oxygen atoms in total. The van der Waals surface area contributed by atoms with E-state index in [0.717, 1.165) is 12.8 Å². The van der Waals surface area contributed by atoms with Crippen molar-refractivity contribution in [3.63, 3.8) is 0 Å². The van der Waals surface area contributed by atoms with Crippen molar-refractivity contribution in [2.24, 2.45) is 11.8 Å². The van der Waals surface area contributed by atoms with Crippen LogP contribution in [0.5, 0.6) is 0 Å². The van der Waals surface area contributed by atoms with E-state index in [0.29, 0.717) is 11.8 Å². The summed E-state index contributed by atoms with van der Waals surface area (Å²) in [6, 6.07) is 23.7. The van der Waals surface area contributed by atoms with Gasteiger partial charge in [0.25, 0.3) is 0 Å². The normalized spacial score (nSPS) is 18.0. The number of hydrogen-bond donors (Lipinski definition) is 0. The average Bonchev–Trinajstić information content (AvgIpc) is 3.64. The van der Waals surface area contributed by atoms with Crippen LogP contribution in [0.3, 0.4) is 0 Å². The van der Waals surface area contributed by atoms with Crippen LogP contribution in [-0.4, -0.2) is 5.92 Å². The molecule has 2 unspecified atom stereocenters. The maximum absolute atomic E-state index is 8.88. The second-order valence-electron chi connectivity index (χ2n) is 16.5. The number of halogens is 2. The first-order chi connectivity index (χ1) is 23.5. The van der Waals surface area contributed by atoms with E-state index >= 15 is 0 Å². The van der Waals surface area contributed by atoms with Crippen molar-refractivity contribution in [2.45, 2.75) is 102 Å². The summed E-state index contributed by atoms with van der Waals surface area (Å²) in [5.74, 6) is -1.02. The van der Waals surface area contributed by atoms with E-state index in [2.05, 4.69) is 155 Å².